The van der Waals surface area contributed by atoms with Gasteiger partial charge < -0.3 is 5.32 Å². The summed E-state index contributed by atoms with van der Waals surface area (Å²) >= 11 is 1.77. The maximum Gasteiger partial charge on any atom is 0.0897 e. The molecule has 2 fully saturated rings. The predicted molar refractivity (Wildman–Crippen MR) is 80.5 cm³/mol. The van der Waals surface area contributed by atoms with Crippen LogP contribution in [0.15, 0.2) is 5.38 Å². The minimum Gasteiger partial charge on any atom is -0.311 e. The van der Waals surface area contributed by atoms with E-state index in [4.69, 9.17) is 0 Å². The lowest BCUT2D eigenvalue weighted by molar-refractivity contribution is 0.0360. The minimum absolute atomic E-state index is 0.281. The van der Waals surface area contributed by atoms with E-state index in [1.165, 1.54) is 36.5 Å². The van der Waals surface area contributed by atoms with Gasteiger partial charge in [-0.1, -0.05) is 6.92 Å². The fourth-order valence-corrected chi connectivity index (χ4v) is 3.68. The van der Waals surface area contributed by atoms with Crippen molar-refractivity contribution in [1.29, 1.82) is 0 Å². The van der Waals surface area contributed by atoms with E-state index in [0.717, 1.165) is 19.0 Å². The Bertz CT molecular complexity index is 440. The van der Waals surface area contributed by atoms with Crippen LogP contribution in [0.3, 0.4) is 0 Å². The summed E-state index contributed by atoms with van der Waals surface area (Å²) in [5.41, 5.74) is 1.53. The van der Waals surface area contributed by atoms with E-state index in [0.29, 0.717) is 6.04 Å². The summed E-state index contributed by atoms with van der Waals surface area (Å²) in [6.45, 7) is 10.1. The fraction of sp³-hybridized carbons (Fsp3) is 0.800. The molecule has 106 valence electrons. The van der Waals surface area contributed by atoms with Crippen molar-refractivity contribution >= 4 is 11.3 Å². The molecule has 1 aliphatic heterocycles. The second-order valence-corrected chi connectivity index (χ2v) is 7.48. The van der Waals surface area contributed by atoms with Gasteiger partial charge in [-0.3, -0.25) is 4.90 Å². The Balaban J connectivity index is 1.72. The third-order valence-electron chi connectivity index (χ3n) is 4.90. The van der Waals surface area contributed by atoms with Crippen LogP contribution in [0, 0.1) is 12.8 Å². The van der Waals surface area contributed by atoms with Crippen molar-refractivity contribution in [2.45, 2.75) is 58.2 Å². The molecule has 0 spiro atoms. The summed E-state index contributed by atoms with van der Waals surface area (Å²) in [5.74, 6) is 0.932. The van der Waals surface area contributed by atoms with Crippen LogP contribution in [0.1, 0.15) is 43.8 Å². The molecule has 1 saturated heterocycles. The van der Waals surface area contributed by atoms with Crippen molar-refractivity contribution in [2.75, 3.05) is 13.1 Å². The molecule has 4 heteroatoms. The highest BCUT2D eigenvalue weighted by atomic mass is 32.1. The van der Waals surface area contributed by atoms with Crippen LogP contribution >= 0.6 is 11.3 Å². The maximum atomic E-state index is 4.65. The summed E-state index contributed by atoms with van der Waals surface area (Å²) in [7, 11) is 0. The minimum atomic E-state index is 0.281. The average molecular weight is 279 g/mol. The molecule has 3 nitrogen and oxygen atoms in total. The number of hydrogen-bond donors (Lipinski definition) is 1. The standard InChI is InChI=1S/C15H25N3S/c1-4-15(3)10-16-14(12-5-6-12)8-18(15)7-13-9-19-11(2)17-13/h9,12,14,16H,4-8,10H2,1-3H3. The van der Waals surface area contributed by atoms with Gasteiger partial charge in [0.1, 0.15) is 0 Å². The monoisotopic (exact) mass is 279 g/mol. The van der Waals surface area contributed by atoms with Gasteiger partial charge in [0.25, 0.3) is 0 Å². The first-order valence-electron chi connectivity index (χ1n) is 7.50. The van der Waals surface area contributed by atoms with Gasteiger partial charge in [-0.2, -0.15) is 0 Å². The Labute approximate surface area is 120 Å². The normalized spacial score (nSPS) is 32.7. The zero-order valence-corrected chi connectivity index (χ0v) is 13.1. The highest BCUT2D eigenvalue weighted by molar-refractivity contribution is 7.09. The average Bonchev–Trinajstić information content (AvgIpc) is 3.16. The lowest BCUT2D eigenvalue weighted by Crippen LogP contribution is -2.63. The molecule has 2 aliphatic rings. The van der Waals surface area contributed by atoms with Crippen LogP contribution in [0.5, 0.6) is 0 Å². The Morgan fingerprint density at radius 2 is 2.32 bits per heavy atom. The molecule has 1 saturated carbocycles. The maximum absolute atomic E-state index is 4.65. The first-order chi connectivity index (χ1) is 9.10. The molecule has 1 aromatic heterocycles. The summed E-state index contributed by atoms with van der Waals surface area (Å²) in [6.07, 6.45) is 4.04. The summed E-state index contributed by atoms with van der Waals surface area (Å²) in [4.78, 5) is 7.31. The van der Waals surface area contributed by atoms with E-state index in [9.17, 15) is 0 Å². The molecule has 19 heavy (non-hydrogen) atoms. The van der Waals surface area contributed by atoms with E-state index in [2.05, 4.69) is 41.4 Å². The summed E-state index contributed by atoms with van der Waals surface area (Å²) in [6, 6.07) is 0.708. The van der Waals surface area contributed by atoms with E-state index in [-0.39, 0.29) is 5.54 Å². The topological polar surface area (TPSA) is 28.2 Å². The predicted octanol–water partition coefficient (Wildman–Crippen LogP) is 2.80. The molecule has 0 aromatic carbocycles. The number of thiazole rings is 1. The quantitative estimate of drug-likeness (QED) is 0.918. The lowest BCUT2D eigenvalue weighted by atomic mass is 9.91. The Kier molecular flexibility index (Phi) is 3.67. The molecule has 0 amide bonds. The van der Waals surface area contributed by atoms with E-state index in [1.807, 2.05) is 0 Å². The molecular weight excluding hydrogens is 254 g/mol. The third-order valence-corrected chi connectivity index (χ3v) is 5.72. The second-order valence-electron chi connectivity index (χ2n) is 6.41. The largest absolute Gasteiger partial charge is 0.311 e. The number of aromatic nitrogens is 1. The van der Waals surface area contributed by atoms with Gasteiger partial charge in [0.05, 0.1) is 10.7 Å². The Morgan fingerprint density at radius 1 is 1.53 bits per heavy atom. The van der Waals surface area contributed by atoms with Gasteiger partial charge in [-0.05, 0) is 39.0 Å². The van der Waals surface area contributed by atoms with Crippen LogP contribution in [0.2, 0.25) is 0 Å². The molecule has 1 N–H and O–H groups in total. The second kappa shape index (κ2) is 5.15. The fourth-order valence-electron chi connectivity index (χ4n) is 3.08. The Hall–Kier alpha value is -0.450. The highest BCUT2D eigenvalue weighted by Crippen LogP contribution is 2.36. The van der Waals surface area contributed by atoms with Crippen molar-refractivity contribution in [3.63, 3.8) is 0 Å². The van der Waals surface area contributed by atoms with Gasteiger partial charge in [-0.15, -0.1) is 11.3 Å². The van der Waals surface area contributed by atoms with Crippen molar-refractivity contribution in [2.24, 2.45) is 5.92 Å². The smallest absolute Gasteiger partial charge is 0.0897 e. The van der Waals surface area contributed by atoms with E-state index >= 15 is 0 Å². The van der Waals surface area contributed by atoms with Crippen LogP contribution in [-0.4, -0.2) is 34.6 Å². The van der Waals surface area contributed by atoms with Crippen molar-refractivity contribution in [3.05, 3.63) is 16.1 Å². The van der Waals surface area contributed by atoms with Crippen LogP contribution in [0.4, 0.5) is 0 Å². The molecule has 2 atom stereocenters. The molecular formula is C15H25N3S. The lowest BCUT2D eigenvalue weighted by Gasteiger charge is -2.48. The number of hydrogen-bond acceptors (Lipinski definition) is 4. The molecule has 1 aromatic rings. The molecule has 2 unspecified atom stereocenters. The van der Waals surface area contributed by atoms with Gasteiger partial charge >= 0.3 is 0 Å². The first kappa shape index (κ1) is 13.5. The van der Waals surface area contributed by atoms with Gasteiger partial charge in [-0.25, -0.2) is 4.98 Å². The van der Waals surface area contributed by atoms with Crippen LogP contribution in [-0.2, 0) is 6.54 Å². The Morgan fingerprint density at radius 3 is 2.89 bits per heavy atom. The zero-order valence-electron chi connectivity index (χ0n) is 12.3. The highest BCUT2D eigenvalue weighted by Gasteiger charge is 2.41. The SMILES string of the molecule is CCC1(C)CNC(C2CC2)CN1Cc1csc(C)n1. The third kappa shape index (κ3) is 2.86. The zero-order chi connectivity index (χ0) is 13.5. The summed E-state index contributed by atoms with van der Waals surface area (Å²) in [5, 5.41) is 7.19. The molecule has 2 heterocycles. The van der Waals surface area contributed by atoms with E-state index in [1.54, 1.807) is 11.3 Å². The number of nitrogens with one attached hydrogen (secondary N) is 1. The van der Waals surface area contributed by atoms with Crippen molar-refractivity contribution < 1.29 is 0 Å². The number of rotatable bonds is 4. The number of aryl methyl sites for hydroxylation is 1. The van der Waals surface area contributed by atoms with Gasteiger partial charge in [0.15, 0.2) is 0 Å². The van der Waals surface area contributed by atoms with Crippen molar-refractivity contribution in [3.8, 4) is 0 Å². The van der Waals surface area contributed by atoms with Gasteiger partial charge in [0, 0.05) is 36.6 Å². The number of nitrogens with zero attached hydrogens (tertiary/aromatic N) is 2. The van der Waals surface area contributed by atoms with E-state index < -0.39 is 0 Å². The molecule has 0 bridgehead atoms. The molecule has 3 rings (SSSR count). The van der Waals surface area contributed by atoms with Crippen LogP contribution in [0.25, 0.3) is 0 Å². The molecule has 1 aliphatic carbocycles. The number of piperazine rings is 1. The summed E-state index contributed by atoms with van der Waals surface area (Å²) < 4.78 is 0. The first-order valence-corrected chi connectivity index (χ1v) is 8.38. The molecule has 0 radical (unpaired) electrons. The van der Waals surface area contributed by atoms with Crippen LogP contribution < -0.4 is 5.32 Å². The van der Waals surface area contributed by atoms with Gasteiger partial charge in [0.2, 0.25) is 0 Å². The van der Waals surface area contributed by atoms with Crippen molar-refractivity contribution in [1.82, 2.24) is 15.2 Å².